The summed E-state index contributed by atoms with van der Waals surface area (Å²) in [5.74, 6) is 0.124. The van der Waals surface area contributed by atoms with E-state index in [2.05, 4.69) is 25.3 Å². The molecular weight excluding hydrogens is 352 g/mol. The van der Waals surface area contributed by atoms with E-state index < -0.39 is 5.69 Å². The predicted molar refractivity (Wildman–Crippen MR) is 99.7 cm³/mol. The molecule has 0 spiro atoms. The van der Waals surface area contributed by atoms with Crippen LogP contribution >= 0.6 is 0 Å². The Labute approximate surface area is 153 Å². The zero-order valence-electron chi connectivity index (χ0n) is 14.8. The molecule has 0 aliphatic rings. The first kappa shape index (κ1) is 18.7. The largest absolute Gasteiger partial charge is 0.395 e. The van der Waals surface area contributed by atoms with Gasteiger partial charge in [-0.05, 0) is 13.0 Å². The molecule has 0 unspecified atom stereocenters. The fourth-order valence-corrected chi connectivity index (χ4v) is 2.59. The molecule has 10 nitrogen and oxygen atoms in total. The van der Waals surface area contributed by atoms with Gasteiger partial charge in [0.1, 0.15) is 0 Å². The smallest absolute Gasteiger partial charge is 0.344 e. The highest BCUT2D eigenvalue weighted by molar-refractivity contribution is 5.78. The maximum Gasteiger partial charge on any atom is 0.344 e. The molecule has 0 atom stereocenters. The van der Waals surface area contributed by atoms with Crippen molar-refractivity contribution in [1.82, 2.24) is 24.5 Å². The summed E-state index contributed by atoms with van der Waals surface area (Å²) in [6.45, 7) is 3.20. The van der Waals surface area contributed by atoms with E-state index in [1.54, 1.807) is 12.3 Å². The number of ether oxygens (including phenoxy) is 1. The topological polar surface area (TPSA) is 135 Å². The van der Waals surface area contributed by atoms with Crippen LogP contribution in [0.25, 0.3) is 22.3 Å². The van der Waals surface area contributed by atoms with Gasteiger partial charge in [0.15, 0.2) is 11.5 Å². The van der Waals surface area contributed by atoms with Crippen molar-refractivity contribution in [3.63, 3.8) is 0 Å². The number of aliphatic hydroxyl groups excluding tert-OH is 1. The number of fused-ring (bicyclic) bond motifs is 1. The average Bonchev–Trinajstić information content (AvgIpc) is 2.68. The minimum absolute atomic E-state index is 0.121. The number of rotatable bonds is 8. The predicted octanol–water partition coefficient (Wildman–Crippen LogP) is -0.0175. The van der Waals surface area contributed by atoms with Crippen LogP contribution in [0.3, 0.4) is 0 Å². The van der Waals surface area contributed by atoms with Gasteiger partial charge in [-0.25, -0.2) is 19.7 Å². The van der Waals surface area contributed by atoms with Gasteiger partial charge in [0.05, 0.1) is 18.7 Å². The monoisotopic (exact) mass is 372 g/mol. The first-order valence-electron chi connectivity index (χ1n) is 8.52. The number of aromatic nitrogens is 5. The number of aliphatic hydroxyl groups is 1. The van der Waals surface area contributed by atoms with Crippen LogP contribution < -0.4 is 16.6 Å². The molecule has 0 saturated carbocycles. The van der Waals surface area contributed by atoms with Crippen LogP contribution in [0, 0.1) is 0 Å². The Kier molecular flexibility index (Phi) is 5.89. The SMILES string of the molecule is CCOCCn1c(=O)c(NCCO)nc2ncc(-c3cnc(=O)[nH]c3)cc21. The molecule has 0 bridgehead atoms. The molecule has 0 radical (unpaired) electrons. The van der Waals surface area contributed by atoms with Crippen LogP contribution in [0.2, 0.25) is 0 Å². The lowest BCUT2D eigenvalue weighted by Crippen LogP contribution is -2.28. The second-order valence-electron chi connectivity index (χ2n) is 5.64. The Morgan fingerprint density at radius 3 is 2.78 bits per heavy atom. The van der Waals surface area contributed by atoms with Crippen LogP contribution in [-0.4, -0.2) is 56.0 Å². The van der Waals surface area contributed by atoms with Crippen molar-refractivity contribution in [3.8, 4) is 11.1 Å². The molecule has 0 fully saturated rings. The molecule has 142 valence electrons. The van der Waals surface area contributed by atoms with Crippen molar-refractivity contribution in [2.75, 3.05) is 31.7 Å². The van der Waals surface area contributed by atoms with Gasteiger partial charge in [0, 0.05) is 49.4 Å². The van der Waals surface area contributed by atoms with Gasteiger partial charge in [-0.1, -0.05) is 0 Å². The fourth-order valence-electron chi connectivity index (χ4n) is 2.59. The Bertz CT molecular complexity index is 1030. The van der Waals surface area contributed by atoms with Gasteiger partial charge in [0.2, 0.25) is 0 Å². The standard InChI is InChI=1S/C17H20N6O4/c1-2-27-6-4-23-13-7-11(12-9-20-17(26)21-10-12)8-19-14(13)22-15(16(23)25)18-3-5-24/h7-10,24H,2-6H2,1H3,(H,18,19,22)(H,20,21,26). The minimum Gasteiger partial charge on any atom is -0.395 e. The van der Waals surface area contributed by atoms with E-state index in [1.165, 1.54) is 17.0 Å². The van der Waals surface area contributed by atoms with Crippen molar-refractivity contribution >= 4 is 17.0 Å². The molecule has 0 aliphatic carbocycles. The first-order chi connectivity index (χ1) is 13.1. The molecule has 0 saturated heterocycles. The quantitative estimate of drug-likeness (QED) is 0.470. The van der Waals surface area contributed by atoms with Crippen LogP contribution in [0.15, 0.2) is 34.2 Å². The summed E-state index contributed by atoms with van der Waals surface area (Å²) in [5.41, 5.74) is 1.51. The lowest BCUT2D eigenvalue weighted by molar-refractivity contribution is 0.139. The highest BCUT2D eigenvalue weighted by Gasteiger charge is 2.13. The molecular formula is C17H20N6O4. The molecule has 3 rings (SSSR count). The first-order valence-corrected chi connectivity index (χ1v) is 8.52. The Morgan fingerprint density at radius 2 is 2.07 bits per heavy atom. The molecule has 10 heteroatoms. The zero-order valence-corrected chi connectivity index (χ0v) is 14.8. The number of nitrogens with one attached hydrogen (secondary N) is 2. The van der Waals surface area contributed by atoms with Gasteiger partial charge in [-0.3, -0.25) is 9.36 Å². The number of hydrogen-bond acceptors (Lipinski definition) is 8. The Balaban J connectivity index is 2.11. The van der Waals surface area contributed by atoms with Gasteiger partial charge >= 0.3 is 5.69 Å². The lowest BCUT2D eigenvalue weighted by atomic mass is 10.1. The lowest BCUT2D eigenvalue weighted by Gasteiger charge is -2.13. The van der Waals surface area contributed by atoms with Gasteiger partial charge in [0.25, 0.3) is 5.56 Å². The summed E-state index contributed by atoms with van der Waals surface area (Å²) in [4.78, 5) is 38.8. The normalized spacial score (nSPS) is 11.0. The third kappa shape index (κ3) is 4.18. The summed E-state index contributed by atoms with van der Waals surface area (Å²) < 4.78 is 6.91. The van der Waals surface area contributed by atoms with Crippen molar-refractivity contribution in [2.45, 2.75) is 13.5 Å². The summed E-state index contributed by atoms with van der Waals surface area (Å²) in [6, 6.07) is 1.77. The third-order valence-corrected chi connectivity index (χ3v) is 3.88. The molecule has 0 aliphatic heterocycles. The highest BCUT2D eigenvalue weighted by Crippen LogP contribution is 2.20. The molecule has 3 aromatic heterocycles. The molecule has 3 heterocycles. The molecule has 0 aromatic carbocycles. The van der Waals surface area contributed by atoms with Gasteiger partial charge in [-0.2, -0.15) is 0 Å². The number of H-pyrrole nitrogens is 1. The molecule has 0 amide bonds. The van der Waals surface area contributed by atoms with E-state index in [1.807, 2.05) is 6.92 Å². The van der Waals surface area contributed by atoms with E-state index in [0.717, 1.165) is 0 Å². The summed E-state index contributed by atoms with van der Waals surface area (Å²) >= 11 is 0. The van der Waals surface area contributed by atoms with E-state index >= 15 is 0 Å². The van der Waals surface area contributed by atoms with Gasteiger partial charge in [-0.15, -0.1) is 0 Å². The molecule has 3 N–H and O–H groups in total. The van der Waals surface area contributed by atoms with E-state index in [0.29, 0.717) is 42.0 Å². The molecule has 27 heavy (non-hydrogen) atoms. The van der Waals surface area contributed by atoms with Gasteiger partial charge < -0.3 is 20.1 Å². The van der Waals surface area contributed by atoms with E-state index in [4.69, 9.17) is 9.84 Å². The minimum atomic E-state index is -0.442. The summed E-state index contributed by atoms with van der Waals surface area (Å²) in [6.07, 6.45) is 4.57. The number of pyridine rings is 1. The average molecular weight is 372 g/mol. The molecule has 3 aromatic rings. The van der Waals surface area contributed by atoms with Crippen LogP contribution in [0.4, 0.5) is 5.82 Å². The number of nitrogens with zero attached hydrogens (tertiary/aromatic N) is 4. The van der Waals surface area contributed by atoms with Crippen molar-refractivity contribution < 1.29 is 9.84 Å². The van der Waals surface area contributed by atoms with Crippen LogP contribution in [0.5, 0.6) is 0 Å². The Hall–Kier alpha value is -3.11. The number of aromatic amines is 1. The maximum atomic E-state index is 12.8. The Morgan fingerprint density at radius 1 is 1.26 bits per heavy atom. The van der Waals surface area contributed by atoms with E-state index in [9.17, 15) is 9.59 Å². The zero-order chi connectivity index (χ0) is 19.2. The number of anilines is 1. The van der Waals surface area contributed by atoms with Crippen LogP contribution in [-0.2, 0) is 11.3 Å². The second kappa shape index (κ2) is 8.52. The van der Waals surface area contributed by atoms with E-state index in [-0.39, 0.29) is 24.5 Å². The third-order valence-electron chi connectivity index (χ3n) is 3.88. The fraction of sp³-hybridized carbons (Fsp3) is 0.353. The number of hydrogen-bond donors (Lipinski definition) is 3. The van der Waals surface area contributed by atoms with Crippen molar-refractivity contribution in [1.29, 1.82) is 0 Å². The summed E-state index contributed by atoms with van der Waals surface area (Å²) in [7, 11) is 0. The van der Waals surface area contributed by atoms with Crippen molar-refractivity contribution in [3.05, 3.63) is 45.5 Å². The van der Waals surface area contributed by atoms with Crippen LogP contribution in [0.1, 0.15) is 6.92 Å². The second-order valence-corrected chi connectivity index (χ2v) is 5.64. The maximum absolute atomic E-state index is 12.8. The highest BCUT2D eigenvalue weighted by atomic mass is 16.5. The summed E-state index contributed by atoms with van der Waals surface area (Å²) in [5, 5.41) is 11.8. The van der Waals surface area contributed by atoms with Crippen molar-refractivity contribution in [2.24, 2.45) is 0 Å².